The van der Waals surface area contributed by atoms with Gasteiger partial charge in [-0.05, 0) is 32.6 Å². The lowest BCUT2D eigenvalue weighted by Crippen LogP contribution is -2.59. The predicted molar refractivity (Wildman–Crippen MR) is 83.5 cm³/mol. The van der Waals surface area contributed by atoms with Gasteiger partial charge in [-0.1, -0.05) is 44.3 Å². The van der Waals surface area contributed by atoms with Gasteiger partial charge in [0.1, 0.15) is 6.10 Å². The van der Waals surface area contributed by atoms with E-state index in [1.807, 2.05) is 6.92 Å². The SMILES string of the molecule is CC1CCC(C(=O)NC2(C(N)=S)CCCCCCC2)O1. The number of carbonyl (C=O) groups is 1. The first-order chi connectivity index (χ1) is 9.53. The molecule has 114 valence electrons. The summed E-state index contributed by atoms with van der Waals surface area (Å²) in [5.41, 5.74) is 5.47. The fourth-order valence-corrected chi connectivity index (χ4v) is 3.51. The Labute approximate surface area is 126 Å². The topological polar surface area (TPSA) is 64.4 Å². The van der Waals surface area contributed by atoms with Crippen LogP contribution in [-0.4, -0.2) is 28.6 Å². The van der Waals surface area contributed by atoms with Gasteiger partial charge in [0.25, 0.3) is 0 Å². The monoisotopic (exact) mass is 298 g/mol. The zero-order chi connectivity index (χ0) is 14.6. The molecule has 0 aromatic heterocycles. The molecule has 0 aromatic carbocycles. The summed E-state index contributed by atoms with van der Waals surface area (Å²) in [6, 6.07) is 0. The van der Waals surface area contributed by atoms with Crippen LogP contribution in [0.25, 0.3) is 0 Å². The molecule has 2 atom stereocenters. The average Bonchev–Trinajstić information content (AvgIpc) is 2.79. The van der Waals surface area contributed by atoms with Crippen LogP contribution in [0, 0.1) is 0 Å². The number of amides is 1. The molecule has 5 heteroatoms. The van der Waals surface area contributed by atoms with Crippen molar-refractivity contribution >= 4 is 23.1 Å². The van der Waals surface area contributed by atoms with Crippen molar-refractivity contribution in [3.05, 3.63) is 0 Å². The lowest BCUT2D eigenvalue weighted by atomic mass is 9.83. The Morgan fingerprint density at radius 1 is 1.20 bits per heavy atom. The predicted octanol–water partition coefficient (Wildman–Crippen LogP) is 2.44. The maximum atomic E-state index is 12.4. The largest absolute Gasteiger partial charge is 0.391 e. The van der Waals surface area contributed by atoms with E-state index in [1.165, 1.54) is 19.3 Å². The minimum atomic E-state index is -0.498. The zero-order valence-corrected chi connectivity index (χ0v) is 13.1. The molecule has 0 spiro atoms. The van der Waals surface area contributed by atoms with Crippen molar-refractivity contribution in [1.29, 1.82) is 0 Å². The number of hydrogen-bond acceptors (Lipinski definition) is 3. The Balaban J connectivity index is 2.03. The highest BCUT2D eigenvalue weighted by Gasteiger charge is 2.38. The van der Waals surface area contributed by atoms with Gasteiger partial charge in [-0.25, -0.2) is 0 Å². The molecule has 2 rings (SSSR count). The number of thiocarbonyl (C=S) groups is 1. The Bertz CT molecular complexity index is 365. The molecule has 4 nitrogen and oxygen atoms in total. The van der Waals surface area contributed by atoms with E-state index in [9.17, 15) is 4.79 Å². The van der Waals surface area contributed by atoms with Gasteiger partial charge in [-0.3, -0.25) is 4.79 Å². The maximum absolute atomic E-state index is 12.4. The highest BCUT2D eigenvalue weighted by molar-refractivity contribution is 7.80. The number of ether oxygens (including phenoxy) is 1. The summed E-state index contributed by atoms with van der Waals surface area (Å²) in [5, 5.41) is 3.13. The van der Waals surface area contributed by atoms with Crippen LogP contribution in [0.4, 0.5) is 0 Å². The first-order valence-corrected chi connectivity index (χ1v) is 8.22. The molecule has 0 bridgehead atoms. The second kappa shape index (κ2) is 6.85. The molecule has 1 heterocycles. The van der Waals surface area contributed by atoms with Gasteiger partial charge >= 0.3 is 0 Å². The van der Waals surface area contributed by atoms with Crippen molar-refractivity contribution in [3.63, 3.8) is 0 Å². The van der Waals surface area contributed by atoms with Gasteiger partial charge < -0.3 is 15.8 Å². The van der Waals surface area contributed by atoms with Crippen LogP contribution in [0.3, 0.4) is 0 Å². The van der Waals surface area contributed by atoms with Crippen LogP contribution in [0.1, 0.15) is 64.7 Å². The summed E-state index contributed by atoms with van der Waals surface area (Å²) in [6.07, 6.45) is 9.08. The van der Waals surface area contributed by atoms with E-state index in [1.54, 1.807) is 0 Å². The summed E-state index contributed by atoms with van der Waals surface area (Å²) in [6.45, 7) is 2.01. The molecule has 1 saturated carbocycles. The van der Waals surface area contributed by atoms with Crippen molar-refractivity contribution in [2.45, 2.75) is 82.5 Å². The molecule has 2 unspecified atom stereocenters. The fourth-order valence-electron chi connectivity index (χ4n) is 3.25. The van der Waals surface area contributed by atoms with Crippen molar-refractivity contribution in [3.8, 4) is 0 Å². The Morgan fingerprint density at radius 3 is 2.30 bits per heavy atom. The van der Waals surface area contributed by atoms with Gasteiger partial charge in [-0.2, -0.15) is 0 Å². The third-order valence-corrected chi connectivity index (χ3v) is 4.96. The van der Waals surface area contributed by atoms with E-state index in [0.717, 1.165) is 38.5 Å². The molecular formula is C15H26N2O2S. The number of rotatable bonds is 3. The summed E-state index contributed by atoms with van der Waals surface area (Å²) in [4.78, 5) is 12.8. The first-order valence-electron chi connectivity index (χ1n) is 7.81. The normalized spacial score (nSPS) is 30.2. The molecule has 2 aliphatic rings. The Kier molecular flexibility index (Phi) is 5.38. The highest BCUT2D eigenvalue weighted by Crippen LogP contribution is 2.28. The Hall–Kier alpha value is -0.680. The van der Waals surface area contributed by atoms with Gasteiger partial charge in [0.2, 0.25) is 5.91 Å². The quantitative estimate of drug-likeness (QED) is 0.786. The van der Waals surface area contributed by atoms with E-state index in [2.05, 4.69) is 5.32 Å². The van der Waals surface area contributed by atoms with E-state index in [-0.39, 0.29) is 18.1 Å². The van der Waals surface area contributed by atoms with Crippen LogP contribution < -0.4 is 11.1 Å². The number of carbonyl (C=O) groups excluding carboxylic acids is 1. The minimum absolute atomic E-state index is 0.0391. The standard InChI is InChI=1S/C15H26N2O2S/c1-11-7-8-12(19-11)13(18)17-15(14(16)20)9-5-3-2-4-6-10-15/h11-12H,2-10H2,1H3,(H2,16,20)(H,17,18). The molecule has 1 aliphatic carbocycles. The molecular weight excluding hydrogens is 272 g/mol. The van der Waals surface area contributed by atoms with Crippen molar-refractivity contribution < 1.29 is 9.53 Å². The molecule has 1 aliphatic heterocycles. The summed E-state index contributed by atoms with van der Waals surface area (Å²) in [5.74, 6) is -0.0391. The average molecular weight is 298 g/mol. The van der Waals surface area contributed by atoms with E-state index < -0.39 is 5.54 Å². The van der Waals surface area contributed by atoms with E-state index >= 15 is 0 Å². The summed E-state index contributed by atoms with van der Waals surface area (Å²) in [7, 11) is 0. The second-order valence-electron chi connectivity index (χ2n) is 6.22. The number of nitrogens with two attached hydrogens (primary N) is 1. The molecule has 1 amide bonds. The van der Waals surface area contributed by atoms with Gasteiger partial charge in [0.05, 0.1) is 16.6 Å². The molecule has 0 radical (unpaired) electrons. The van der Waals surface area contributed by atoms with Gasteiger partial charge in [0.15, 0.2) is 0 Å². The number of nitrogens with one attached hydrogen (secondary N) is 1. The molecule has 2 fully saturated rings. The minimum Gasteiger partial charge on any atom is -0.391 e. The molecule has 3 N–H and O–H groups in total. The van der Waals surface area contributed by atoms with Crippen molar-refractivity contribution in [2.24, 2.45) is 5.73 Å². The number of hydrogen-bond donors (Lipinski definition) is 2. The van der Waals surface area contributed by atoms with Crippen LogP contribution in [-0.2, 0) is 9.53 Å². The lowest BCUT2D eigenvalue weighted by Gasteiger charge is -2.36. The second-order valence-corrected chi connectivity index (χ2v) is 6.66. The van der Waals surface area contributed by atoms with Crippen LogP contribution in [0.2, 0.25) is 0 Å². The lowest BCUT2D eigenvalue weighted by molar-refractivity contribution is -0.133. The van der Waals surface area contributed by atoms with E-state index in [0.29, 0.717) is 4.99 Å². The van der Waals surface area contributed by atoms with Crippen LogP contribution in [0.15, 0.2) is 0 Å². The maximum Gasteiger partial charge on any atom is 0.249 e. The third kappa shape index (κ3) is 3.70. The van der Waals surface area contributed by atoms with Gasteiger partial charge in [-0.15, -0.1) is 0 Å². The zero-order valence-electron chi connectivity index (χ0n) is 12.3. The third-order valence-electron chi connectivity index (χ3n) is 4.57. The van der Waals surface area contributed by atoms with Gasteiger partial charge in [0, 0.05) is 0 Å². The fraction of sp³-hybridized carbons (Fsp3) is 0.867. The summed E-state index contributed by atoms with van der Waals surface area (Å²) >= 11 is 5.27. The summed E-state index contributed by atoms with van der Waals surface area (Å²) < 4.78 is 5.65. The first kappa shape index (κ1) is 15.7. The molecule has 0 aromatic rings. The van der Waals surface area contributed by atoms with Crippen molar-refractivity contribution in [2.75, 3.05) is 0 Å². The molecule has 1 saturated heterocycles. The highest BCUT2D eigenvalue weighted by atomic mass is 32.1. The van der Waals surface area contributed by atoms with Crippen molar-refractivity contribution in [1.82, 2.24) is 5.32 Å². The van der Waals surface area contributed by atoms with Crippen LogP contribution >= 0.6 is 12.2 Å². The van der Waals surface area contributed by atoms with E-state index in [4.69, 9.17) is 22.7 Å². The smallest absolute Gasteiger partial charge is 0.249 e. The molecule has 20 heavy (non-hydrogen) atoms. The Morgan fingerprint density at radius 2 is 1.80 bits per heavy atom. The van der Waals surface area contributed by atoms with Crippen LogP contribution in [0.5, 0.6) is 0 Å².